The summed E-state index contributed by atoms with van der Waals surface area (Å²) in [5.41, 5.74) is 0.532. The van der Waals surface area contributed by atoms with Crippen LogP contribution in [0, 0.1) is 5.92 Å². The van der Waals surface area contributed by atoms with Crippen LogP contribution in [0.2, 0.25) is 0 Å². The lowest BCUT2D eigenvalue weighted by molar-refractivity contribution is 0.0696. The van der Waals surface area contributed by atoms with Crippen LogP contribution in [0.25, 0.3) is 0 Å². The maximum absolute atomic E-state index is 12.2. The Morgan fingerprint density at radius 2 is 2.14 bits per heavy atom. The third-order valence-corrected chi connectivity index (χ3v) is 3.92. The van der Waals surface area contributed by atoms with Crippen molar-refractivity contribution in [2.24, 2.45) is 5.92 Å². The van der Waals surface area contributed by atoms with Crippen LogP contribution in [0.1, 0.15) is 23.2 Å². The lowest BCUT2D eigenvalue weighted by atomic mass is 9.99. The van der Waals surface area contributed by atoms with Crippen molar-refractivity contribution in [1.29, 1.82) is 0 Å². The number of anilines is 1. The van der Waals surface area contributed by atoms with Gasteiger partial charge in [-0.3, -0.25) is 0 Å². The fourth-order valence-electron chi connectivity index (χ4n) is 2.39. The van der Waals surface area contributed by atoms with Gasteiger partial charge in [0.25, 0.3) is 0 Å². The molecule has 1 unspecified atom stereocenters. The van der Waals surface area contributed by atoms with Crippen molar-refractivity contribution >= 4 is 33.6 Å². The number of aromatic carboxylic acids is 1. The number of carbonyl (C=O) groups excluding carboxylic acids is 1. The van der Waals surface area contributed by atoms with E-state index in [0.29, 0.717) is 23.2 Å². The first-order valence-electron chi connectivity index (χ1n) is 6.70. The molecule has 1 saturated heterocycles. The minimum atomic E-state index is -1.05. The van der Waals surface area contributed by atoms with Crippen molar-refractivity contribution in [1.82, 2.24) is 4.90 Å². The molecule has 0 aliphatic carbocycles. The predicted molar refractivity (Wildman–Crippen MR) is 81.5 cm³/mol. The molecule has 1 heterocycles. The van der Waals surface area contributed by atoms with E-state index in [1.165, 1.54) is 12.1 Å². The fourth-order valence-corrected chi connectivity index (χ4v) is 2.88. The summed E-state index contributed by atoms with van der Waals surface area (Å²) in [5.74, 6) is -0.938. The summed E-state index contributed by atoms with van der Waals surface area (Å²) in [6.45, 7) is 1.23. The van der Waals surface area contributed by atoms with E-state index in [1.54, 1.807) is 11.0 Å². The molecule has 0 saturated carbocycles. The first-order chi connectivity index (χ1) is 9.99. The van der Waals surface area contributed by atoms with Gasteiger partial charge in [0.05, 0.1) is 5.56 Å². The van der Waals surface area contributed by atoms with Crippen molar-refractivity contribution in [2.45, 2.75) is 12.8 Å². The SMILES string of the molecule is O=C(O)c1cc(Br)cc(NC(=O)N2CCCC(CO)C2)c1. The molecule has 21 heavy (non-hydrogen) atoms. The Hall–Kier alpha value is -1.60. The highest BCUT2D eigenvalue weighted by Crippen LogP contribution is 2.21. The second kappa shape index (κ2) is 6.91. The van der Waals surface area contributed by atoms with Gasteiger partial charge in [-0.15, -0.1) is 0 Å². The van der Waals surface area contributed by atoms with Crippen LogP contribution < -0.4 is 5.32 Å². The zero-order valence-electron chi connectivity index (χ0n) is 11.4. The number of likely N-dealkylation sites (tertiary alicyclic amines) is 1. The Kier molecular flexibility index (Phi) is 5.19. The smallest absolute Gasteiger partial charge is 0.335 e. The number of nitrogens with one attached hydrogen (secondary N) is 1. The number of rotatable bonds is 3. The number of carboxylic acids is 1. The van der Waals surface area contributed by atoms with Crippen LogP contribution in [0.4, 0.5) is 10.5 Å². The first-order valence-corrected chi connectivity index (χ1v) is 7.49. The largest absolute Gasteiger partial charge is 0.478 e. The number of aliphatic hydroxyl groups is 1. The van der Waals surface area contributed by atoms with E-state index >= 15 is 0 Å². The monoisotopic (exact) mass is 356 g/mol. The summed E-state index contributed by atoms with van der Waals surface area (Å²) in [6.07, 6.45) is 1.78. The van der Waals surface area contributed by atoms with Crippen LogP contribution in [0.15, 0.2) is 22.7 Å². The summed E-state index contributed by atoms with van der Waals surface area (Å²) in [7, 11) is 0. The van der Waals surface area contributed by atoms with Crippen LogP contribution >= 0.6 is 15.9 Å². The minimum Gasteiger partial charge on any atom is -0.478 e. The highest BCUT2D eigenvalue weighted by molar-refractivity contribution is 9.10. The van der Waals surface area contributed by atoms with E-state index in [1.807, 2.05) is 0 Å². The second-order valence-electron chi connectivity index (χ2n) is 5.10. The number of hydrogen-bond acceptors (Lipinski definition) is 3. The molecule has 1 fully saturated rings. The Bertz CT molecular complexity index is 550. The third kappa shape index (κ3) is 4.18. The summed E-state index contributed by atoms with van der Waals surface area (Å²) in [6, 6.07) is 4.26. The maximum atomic E-state index is 12.2. The van der Waals surface area contributed by atoms with Crippen LogP contribution in [-0.2, 0) is 0 Å². The number of carbonyl (C=O) groups is 2. The number of amides is 2. The van der Waals surface area contributed by atoms with Crippen molar-refractivity contribution in [3.05, 3.63) is 28.2 Å². The Balaban J connectivity index is 2.07. The number of urea groups is 1. The highest BCUT2D eigenvalue weighted by Gasteiger charge is 2.23. The Labute approximate surface area is 130 Å². The summed E-state index contributed by atoms with van der Waals surface area (Å²) in [5, 5.41) is 20.9. The summed E-state index contributed by atoms with van der Waals surface area (Å²) in [4.78, 5) is 24.8. The van der Waals surface area contributed by atoms with Crippen molar-refractivity contribution in [2.75, 3.05) is 25.0 Å². The van der Waals surface area contributed by atoms with Gasteiger partial charge in [-0.1, -0.05) is 15.9 Å². The number of aliphatic hydroxyl groups excluding tert-OH is 1. The maximum Gasteiger partial charge on any atom is 0.335 e. The quantitative estimate of drug-likeness (QED) is 0.775. The molecule has 1 aliphatic rings. The fraction of sp³-hybridized carbons (Fsp3) is 0.429. The van der Waals surface area contributed by atoms with Gasteiger partial charge in [-0.25, -0.2) is 9.59 Å². The number of piperidine rings is 1. The van der Waals surface area contributed by atoms with Gasteiger partial charge in [0.15, 0.2) is 0 Å². The van der Waals surface area contributed by atoms with Gasteiger partial charge in [-0.05, 0) is 37.0 Å². The molecule has 1 atom stereocenters. The molecule has 0 aromatic heterocycles. The molecular formula is C14H17BrN2O4. The zero-order valence-corrected chi connectivity index (χ0v) is 13.0. The second-order valence-corrected chi connectivity index (χ2v) is 6.02. The van der Waals surface area contributed by atoms with E-state index in [4.69, 9.17) is 5.11 Å². The van der Waals surface area contributed by atoms with Gasteiger partial charge in [-0.2, -0.15) is 0 Å². The zero-order chi connectivity index (χ0) is 15.4. The number of carboxylic acid groups (broad SMARTS) is 1. The van der Waals surface area contributed by atoms with E-state index in [2.05, 4.69) is 21.2 Å². The molecule has 3 N–H and O–H groups in total. The molecule has 7 heteroatoms. The lowest BCUT2D eigenvalue weighted by Gasteiger charge is -2.31. The van der Waals surface area contributed by atoms with Gasteiger partial charge < -0.3 is 20.4 Å². The minimum absolute atomic E-state index is 0.0732. The van der Waals surface area contributed by atoms with E-state index in [0.717, 1.165) is 12.8 Å². The topological polar surface area (TPSA) is 89.9 Å². The molecule has 0 spiro atoms. The average molecular weight is 357 g/mol. The van der Waals surface area contributed by atoms with Crippen molar-refractivity contribution in [3.63, 3.8) is 0 Å². The highest BCUT2D eigenvalue weighted by atomic mass is 79.9. The van der Waals surface area contributed by atoms with Gasteiger partial charge >= 0.3 is 12.0 Å². The lowest BCUT2D eigenvalue weighted by Crippen LogP contribution is -2.43. The Morgan fingerprint density at radius 3 is 2.81 bits per heavy atom. The molecule has 1 aliphatic heterocycles. The van der Waals surface area contributed by atoms with Crippen molar-refractivity contribution in [3.8, 4) is 0 Å². The van der Waals surface area contributed by atoms with Crippen LogP contribution in [-0.4, -0.2) is 46.8 Å². The molecule has 6 nitrogen and oxygen atoms in total. The number of benzene rings is 1. The summed E-state index contributed by atoms with van der Waals surface area (Å²) < 4.78 is 0.588. The van der Waals surface area contributed by atoms with Crippen LogP contribution in [0.3, 0.4) is 0 Å². The number of hydrogen-bond donors (Lipinski definition) is 3. The predicted octanol–water partition coefficient (Wildman–Crippen LogP) is 2.38. The molecular weight excluding hydrogens is 340 g/mol. The molecule has 0 bridgehead atoms. The third-order valence-electron chi connectivity index (χ3n) is 3.46. The molecule has 2 rings (SSSR count). The van der Waals surface area contributed by atoms with Gasteiger partial charge in [0, 0.05) is 29.9 Å². The number of halogens is 1. The molecule has 0 radical (unpaired) electrons. The normalized spacial score (nSPS) is 18.4. The average Bonchev–Trinajstić information content (AvgIpc) is 2.46. The van der Waals surface area contributed by atoms with Crippen LogP contribution in [0.5, 0.6) is 0 Å². The van der Waals surface area contributed by atoms with Crippen molar-refractivity contribution < 1.29 is 19.8 Å². The molecule has 1 aromatic rings. The van der Waals surface area contributed by atoms with Gasteiger partial charge in [0.2, 0.25) is 0 Å². The molecule has 1 aromatic carbocycles. The van der Waals surface area contributed by atoms with Gasteiger partial charge in [0.1, 0.15) is 0 Å². The molecule has 114 valence electrons. The summed E-state index contributed by atoms with van der Waals surface area (Å²) >= 11 is 3.23. The van der Waals surface area contributed by atoms with E-state index in [-0.39, 0.29) is 24.1 Å². The Morgan fingerprint density at radius 1 is 1.38 bits per heavy atom. The van der Waals surface area contributed by atoms with E-state index in [9.17, 15) is 14.7 Å². The standard InChI is InChI=1S/C14H17BrN2O4/c15-11-4-10(13(19)20)5-12(6-11)16-14(21)17-3-1-2-9(7-17)8-18/h4-6,9,18H,1-3,7-8H2,(H,16,21)(H,19,20). The first kappa shape index (κ1) is 15.8. The molecule has 2 amide bonds. The number of nitrogens with zero attached hydrogens (tertiary/aromatic N) is 1. The van der Waals surface area contributed by atoms with E-state index < -0.39 is 5.97 Å².